The standard InChI is InChI=1S/C21H21F3N2O/c1-12-4-2-7-16(20(27)26-11-14-9-17(14)18(26)10-25)19(12)13-5-3-6-15(8-13)21(22,23)24/h2-8,14,17-18H,9-11,25H2,1H3/t14-,17-,18-/m1/s1. The Morgan fingerprint density at radius 2 is 1.96 bits per heavy atom. The number of carbonyl (C=O) groups is 1. The highest BCUT2D eigenvalue weighted by Crippen LogP contribution is 2.49. The molecule has 2 aromatic carbocycles. The number of aryl methyl sites for hydroxylation is 1. The van der Waals surface area contributed by atoms with Gasteiger partial charge in [-0.2, -0.15) is 13.2 Å². The maximum atomic E-state index is 13.3. The summed E-state index contributed by atoms with van der Waals surface area (Å²) in [5.41, 5.74) is 7.34. The quantitative estimate of drug-likeness (QED) is 0.879. The van der Waals surface area contributed by atoms with Crippen LogP contribution in [0.15, 0.2) is 42.5 Å². The van der Waals surface area contributed by atoms with Gasteiger partial charge in [-0.05, 0) is 60.1 Å². The fourth-order valence-electron chi connectivity index (χ4n) is 4.34. The van der Waals surface area contributed by atoms with Crippen molar-refractivity contribution in [3.05, 3.63) is 59.2 Å². The van der Waals surface area contributed by atoms with Crippen LogP contribution in [0.5, 0.6) is 0 Å². The summed E-state index contributed by atoms with van der Waals surface area (Å²) < 4.78 is 39.4. The Morgan fingerprint density at radius 3 is 2.67 bits per heavy atom. The molecule has 3 atom stereocenters. The van der Waals surface area contributed by atoms with Crippen LogP contribution in [0.1, 0.15) is 27.9 Å². The molecule has 1 aliphatic heterocycles. The van der Waals surface area contributed by atoms with E-state index in [1.54, 1.807) is 18.2 Å². The number of likely N-dealkylation sites (tertiary alicyclic amines) is 1. The topological polar surface area (TPSA) is 46.3 Å². The van der Waals surface area contributed by atoms with Crippen molar-refractivity contribution in [2.45, 2.75) is 25.6 Å². The van der Waals surface area contributed by atoms with E-state index in [9.17, 15) is 18.0 Å². The van der Waals surface area contributed by atoms with Crippen LogP contribution in [0, 0.1) is 18.8 Å². The number of nitrogens with zero attached hydrogens (tertiary/aromatic N) is 1. The van der Waals surface area contributed by atoms with E-state index in [-0.39, 0.29) is 11.9 Å². The fourth-order valence-corrected chi connectivity index (χ4v) is 4.34. The molecule has 2 fully saturated rings. The third-order valence-electron chi connectivity index (χ3n) is 5.79. The molecular formula is C21H21F3N2O. The normalized spacial score (nSPS) is 24.0. The van der Waals surface area contributed by atoms with Gasteiger partial charge < -0.3 is 10.6 Å². The van der Waals surface area contributed by atoms with Gasteiger partial charge in [-0.1, -0.05) is 24.3 Å². The first kappa shape index (κ1) is 18.0. The molecule has 1 amide bonds. The highest BCUT2D eigenvalue weighted by Gasteiger charge is 2.53. The first-order valence-electron chi connectivity index (χ1n) is 9.09. The van der Waals surface area contributed by atoms with Crippen LogP contribution in [0.2, 0.25) is 0 Å². The van der Waals surface area contributed by atoms with Crippen molar-refractivity contribution in [3.8, 4) is 11.1 Å². The highest BCUT2D eigenvalue weighted by atomic mass is 19.4. The Labute approximate surface area is 156 Å². The van der Waals surface area contributed by atoms with Gasteiger partial charge in [-0.3, -0.25) is 4.79 Å². The number of benzene rings is 2. The Kier molecular flexibility index (Phi) is 4.26. The second-order valence-electron chi connectivity index (χ2n) is 7.50. The van der Waals surface area contributed by atoms with Gasteiger partial charge >= 0.3 is 6.18 Å². The summed E-state index contributed by atoms with van der Waals surface area (Å²) in [4.78, 5) is 15.1. The van der Waals surface area contributed by atoms with E-state index in [2.05, 4.69) is 0 Å². The van der Waals surface area contributed by atoms with Gasteiger partial charge in [0.05, 0.1) is 5.56 Å². The largest absolute Gasteiger partial charge is 0.416 e. The zero-order valence-electron chi connectivity index (χ0n) is 15.0. The number of alkyl halides is 3. The monoisotopic (exact) mass is 374 g/mol. The molecule has 0 unspecified atom stereocenters. The maximum absolute atomic E-state index is 13.3. The van der Waals surface area contributed by atoms with Crippen molar-refractivity contribution in [2.75, 3.05) is 13.1 Å². The average molecular weight is 374 g/mol. The Balaban J connectivity index is 1.76. The predicted octanol–water partition coefficient (Wildman–Crippen LogP) is 4.10. The number of nitrogens with two attached hydrogens (primary N) is 1. The summed E-state index contributed by atoms with van der Waals surface area (Å²) in [7, 11) is 0. The summed E-state index contributed by atoms with van der Waals surface area (Å²) in [6, 6.07) is 10.5. The molecule has 4 rings (SSSR count). The molecule has 0 radical (unpaired) electrons. The van der Waals surface area contributed by atoms with Crippen LogP contribution in [0.4, 0.5) is 13.2 Å². The minimum atomic E-state index is -4.43. The molecule has 2 aliphatic rings. The lowest BCUT2D eigenvalue weighted by molar-refractivity contribution is -0.137. The lowest BCUT2D eigenvalue weighted by Gasteiger charge is -2.28. The van der Waals surface area contributed by atoms with E-state index >= 15 is 0 Å². The number of hydrogen-bond donors (Lipinski definition) is 1. The second-order valence-corrected chi connectivity index (χ2v) is 7.50. The number of halogens is 3. The van der Waals surface area contributed by atoms with E-state index in [4.69, 9.17) is 5.73 Å². The van der Waals surface area contributed by atoms with E-state index in [0.29, 0.717) is 41.6 Å². The van der Waals surface area contributed by atoms with E-state index in [0.717, 1.165) is 24.1 Å². The molecule has 1 aliphatic carbocycles. The first-order chi connectivity index (χ1) is 12.8. The fraction of sp³-hybridized carbons (Fsp3) is 0.381. The highest BCUT2D eigenvalue weighted by molar-refractivity contribution is 6.02. The third-order valence-corrected chi connectivity index (χ3v) is 5.79. The molecule has 1 saturated carbocycles. The van der Waals surface area contributed by atoms with Crippen LogP contribution >= 0.6 is 0 Å². The molecular weight excluding hydrogens is 353 g/mol. The summed E-state index contributed by atoms with van der Waals surface area (Å²) >= 11 is 0. The van der Waals surface area contributed by atoms with E-state index in [1.807, 2.05) is 17.9 Å². The van der Waals surface area contributed by atoms with Crippen LogP contribution in [0.3, 0.4) is 0 Å². The van der Waals surface area contributed by atoms with E-state index in [1.165, 1.54) is 6.07 Å². The van der Waals surface area contributed by atoms with Gasteiger partial charge in [0.2, 0.25) is 0 Å². The Bertz CT molecular complexity index is 893. The zero-order valence-corrected chi connectivity index (χ0v) is 15.0. The molecule has 0 spiro atoms. The van der Waals surface area contributed by atoms with Crippen LogP contribution in [-0.4, -0.2) is 29.9 Å². The SMILES string of the molecule is Cc1cccc(C(=O)N2C[C@H]3C[C@H]3[C@H]2CN)c1-c1cccc(C(F)(F)F)c1. The summed E-state index contributed by atoms with van der Waals surface area (Å²) in [6.07, 6.45) is -3.32. The third kappa shape index (κ3) is 3.12. The molecule has 6 heteroatoms. The second kappa shape index (κ2) is 6.37. The van der Waals surface area contributed by atoms with E-state index < -0.39 is 11.7 Å². The number of carbonyl (C=O) groups excluding carboxylic acids is 1. The molecule has 27 heavy (non-hydrogen) atoms. The summed E-state index contributed by atoms with van der Waals surface area (Å²) in [6.45, 7) is 2.91. The van der Waals surface area contributed by atoms with Crippen molar-refractivity contribution in [1.82, 2.24) is 4.90 Å². The van der Waals surface area contributed by atoms with Crippen molar-refractivity contribution < 1.29 is 18.0 Å². The zero-order chi connectivity index (χ0) is 19.3. The van der Waals surface area contributed by atoms with Crippen LogP contribution < -0.4 is 5.73 Å². The smallest absolute Gasteiger partial charge is 0.334 e. The number of hydrogen-bond acceptors (Lipinski definition) is 2. The number of fused-ring (bicyclic) bond motifs is 1. The Morgan fingerprint density at radius 1 is 1.22 bits per heavy atom. The maximum Gasteiger partial charge on any atom is 0.416 e. The number of piperidine rings is 1. The number of amides is 1. The Hall–Kier alpha value is -2.34. The van der Waals surface area contributed by atoms with Gasteiger partial charge in [0.25, 0.3) is 5.91 Å². The minimum Gasteiger partial charge on any atom is -0.334 e. The molecule has 0 bridgehead atoms. The predicted molar refractivity (Wildman–Crippen MR) is 97.1 cm³/mol. The van der Waals surface area contributed by atoms with Gasteiger partial charge in [0, 0.05) is 24.7 Å². The van der Waals surface area contributed by atoms with Crippen molar-refractivity contribution in [1.29, 1.82) is 0 Å². The van der Waals surface area contributed by atoms with Crippen LogP contribution in [-0.2, 0) is 6.18 Å². The van der Waals surface area contributed by atoms with Gasteiger partial charge in [-0.15, -0.1) is 0 Å². The lowest BCUT2D eigenvalue weighted by atomic mass is 9.93. The summed E-state index contributed by atoms with van der Waals surface area (Å²) in [5.74, 6) is 0.846. The number of rotatable bonds is 3. The van der Waals surface area contributed by atoms with Crippen molar-refractivity contribution in [2.24, 2.45) is 17.6 Å². The first-order valence-corrected chi connectivity index (χ1v) is 9.09. The molecule has 142 valence electrons. The van der Waals surface area contributed by atoms with Gasteiger partial charge in [0.15, 0.2) is 0 Å². The molecule has 3 nitrogen and oxygen atoms in total. The van der Waals surface area contributed by atoms with Crippen molar-refractivity contribution >= 4 is 5.91 Å². The lowest BCUT2D eigenvalue weighted by Crippen LogP contribution is -2.43. The van der Waals surface area contributed by atoms with Crippen LogP contribution in [0.25, 0.3) is 11.1 Å². The average Bonchev–Trinajstić information content (AvgIpc) is 3.31. The van der Waals surface area contributed by atoms with Gasteiger partial charge in [-0.25, -0.2) is 0 Å². The molecule has 2 N–H and O–H groups in total. The molecule has 2 aromatic rings. The van der Waals surface area contributed by atoms with Crippen molar-refractivity contribution in [3.63, 3.8) is 0 Å². The molecule has 1 saturated heterocycles. The molecule has 0 aromatic heterocycles. The molecule has 1 heterocycles. The van der Waals surface area contributed by atoms with Gasteiger partial charge in [0.1, 0.15) is 0 Å². The summed E-state index contributed by atoms with van der Waals surface area (Å²) in [5, 5.41) is 0. The minimum absolute atomic E-state index is 0.0253.